The monoisotopic (exact) mass is 283 g/mol. The number of thioether (sulfide) groups is 1. The molecule has 106 valence electrons. The van der Waals surface area contributed by atoms with Crippen LogP contribution >= 0.6 is 11.8 Å². The first kappa shape index (κ1) is 14.5. The highest BCUT2D eigenvalue weighted by Crippen LogP contribution is 2.34. The molecule has 2 N–H and O–H groups in total. The Morgan fingerprint density at radius 3 is 2.84 bits per heavy atom. The van der Waals surface area contributed by atoms with Crippen LogP contribution < -0.4 is 14.8 Å². The quantitative estimate of drug-likeness (QED) is 0.802. The lowest BCUT2D eigenvalue weighted by molar-refractivity contribution is 0.174. The van der Waals surface area contributed by atoms with Crippen molar-refractivity contribution in [1.29, 1.82) is 0 Å². The van der Waals surface area contributed by atoms with Gasteiger partial charge in [-0.25, -0.2) is 0 Å². The summed E-state index contributed by atoms with van der Waals surface area (Å²) in [6.45, 7) is 2.62. The number of hydrogen-bond acceptors (Lipinski definition) is 5. The van der Waals surface area contributed by atoms with Crippen LogP contribution in [-0.4, -0.2) is 37.1 Å². The average molecular weight is 283 g/mol. The Kier molecular flexibility index (Phi) is 5.36. The first-order chi connectivity index (χ1) is 9.24. The van der Waals surface area contributed by atoms with E-state index in [2.05, 4.69) is 18.3 Å². The molecule has 19 heavy (non-hydrogen) atoms. The number of rotatable bonds is 7. The fraction of sp³-hybridized carbons (Fsp3) is 0.571. The predicted molar refractivity (Wildman–Crippen MR) is 77.9 cm³/mol. The molecular formula is C14H21NO3S. The van der Waals surface area contributed by atoms with E-state index in [1.807, 2.05) is 30.9 Å². The van der Waals surface area contributed by atoms with Gasteiger partial charge in [-0.1, -0.05) is 13.0 Å². The first-order valence-corrected chi connectivity index (χ1v) is 7.65. The molecule has 2 atom stereocenters. The summed E-state index contributed by atoms with van der Waals surface area (Å²) >= 11 is 1.85. The lowest BCUT2D eigenvalue weighted by Crippen LogP contribution is -2.19. The number of nitrogens with one attached hydrogen (secondary N) is 1. The summed E-state index contributed by atoms with van der Waals surface area (Å²) in [5, 5.41) is 12.3. The van der Waals surface area contributed by atoms with E-state index in [1.54, 1.807) is 0 Å². The molecule has 4 nitrogen and oxygen atoms in total. The van der Waals surface area contributed by atoms with E-state index in [0.29, 0.717) is 12.7 Å². The lowest BCUT2D eigenvalue weighted by Gasteiger charge is -2.17. The Morgan fingerprint density at radius 2 is 2.11 bits per heavy atom. The van der Waals surface area contributed by atoms with Crippen molar-refractivity contribution < 1.29 is 14.6 Å². The Balaban J connectivity index is 1.93. The predicted octanol–water partition coefficient (Wildman–Crippen LogP) is 2.04. The number of fused-ring (bicyclic) bond motifs is 1. The summed E-state index contributed by atoms with van der Waals surface area (Å²) in [6.07, 6.45) is 0. The van der Waals surface area contributed by atoms with E-state index in [1.165, 1.54) is 5.56 Å². The zero-order valence-corrected chi connectivity index (χ0v) is 12.2. The van der Waals surface area contributed by atoms with Crippen molar-refractivity contribution in [1.82, 2.24) is 5.32 Å². The summed E-state index contributed by atoms with van der Waals surface area (Å²) in [5.74, 6) is 3.94. The van der Waals surface area contributed by atoms with Crippen LogP contribution in [0.4, 0.5) is 0 Å². The number of aliphatic hydroxyl groups is 1. The van der Waals surface area contributed by atoms with Crippen molar-refractivity contribution in [3.63, 3.8) is 0 Å². The number of benzene rings is 1. The highest BCUT2D eigenvalue weighted by atomic mass is 32.2. The Labute approximate surface area is 118 Å². The molecule has 2 rings (SSSR count). The van der Waals surface area contributed by atoms with E-state index in [9.17, 15) is 0 Å². The van der Waals surface area contributed by atoms with Crippen molar-refractivity contribution in [2.24, 2.45) is 5.92 Å². The number of aliphatic hydroxyl groups excluding tert-OH is 1. The molecule has 0 aromatic heterocycles. The third kappa shape index (κ3) is 3.78. The van der Waals surface area contributed by atoms with Gasteiger partial charge in [-0.15, -0.1) is 0 Å². The van der Waals surface area contributed by atoms with Gasteiger partial charge in [-0.05, 0) is 36.4 Å². The molecule has 0 radical (unpaired) electrons. The number of hydrogen-bond donors (Lipinski definition) is 2. The van der Waals surface area contributed by atoms with Crippen LogP contribution in [0, 0.1) is 5.92 Å². The topological polar surface area (TPSA) is 50.7 Å². The molecule has 0 saturated heterocycles. The van der Waals surface area contributed by atoms with Crippen LogP contribution in [0.25, 0.3) is 0 Å². The lowest BCUT2D eigenvalue weighted by atomic mass is 10.1. The third-order valence-corrected chi connectivity index (χ3v) is 4.52. The van der Waals surface area contributed by atoms with Crippen molar-refractivity contribution >= 4 is 11.8 Å². The van der Waals surface area contributed by atoms with Gasteiger partial charge in [0, 0.05) is 18.4 Å². The minimum absolute atomic E-state index is 0.251. The molecule has 1 aromatic rings. The third-order valence-electron chi connectivity index (χ3n) is 3.15. The zero-order chi connectivity index (χ0) is 13.7. The Morgan fingerprint density at radius 1 is 1.32 bits per heavy atom. The zero-order valence-electron chi connectivity index (χ0n) is 11.4. The van der Waals surface area contributed by atoms with Crippen LogP contribution in [0.15, 0.2) is 18.2 Å². The molecular weight excluding hydrogens is 262 g/mol. The van der Waals surface area contributed by atoms with Gasteiger partial charge in [0.05, 0.1) is 0 Å². The van der Waals surface area contributed by atoms with Gasteiger partial charge >= 0.3 is 0 Å². The van der Waals surface area contributed by atoms with Gasteiger partial charge in [-0.3, -0.25) is 0 Å². The van der Waals surface area contributed by atoms with Gasteiger partial charge in [0.15, 0.2) is 11.5 Å². The SMILES string of the molecule is CNC(CSCC(C)CO)c1ccc2c(c1)OCO2. The van der Waals surface area contributed by atoms with Crippen molar-refractivity contribution in [2.75, 3.05) is 32.0 Å². The van der Waals surface area contributed by atoms with Crippen molar-refractivity contribution in [2.45, 2.75) is 13.0 Å². The van der Waals surface area contributed by atoms with Crippen LogP contribution in [0.1, 0.15) is 18.5 Å². The van der Waals surface area contributed by atoms with Gasteiger partial charge in [0.2, 0.25) is 6.79 Å². The first-order valence-electron chi connectivity index (χ1n) is 6.50. The smallest absolute Gasteiger partial charge is 0.231 e. The summed E-state index contributed by atoms with van der Waals surface area (Å²) in [4.78, 5) is 0. The minimum atomic E-state index is 0.251. The molecule has 1 aliphatic rings. The molecule has 1 aliphatic heterocycles. The van der Waals surface area contributed by atoms with E-state index >= 15 is 0 Å². The van der Waals surface area contributed by atoms with Gasteiger partial charge in [0.25, 0.3) is 0 Å². The molecule has 2 unspecified atom stereocenters. The normalized spacial score (nSPS) is 16.4. The van der Waals surface area contributed by atoms with Crippen molar-refractivity contribution in [3.05, 3.63) is 23.8 Å². The van der Waals surface area contributed by atoms with Gasteiger partial charge < -0.3 is 19.9 Å². The highest BCUT2D eigenvalue weighted by Gasteiger charge is 2.17. The van der Waals surface area contributed by atoms with Gasteiger partial charge in [0.1, 0.15) is 0 Å². The van der Waals surface area contributed by atoms with Gasteiger partial charge in [-0.2, -0.15) is 11.8 Å². The molecule has 0 spiro atoms. The second-order valence-corrected chi connectivity index (χ2v) is 5.85. The van der Waals surface area contributed by atoms with Crippen LogP contribution in [0.5, 0.6) is 11.5 Å². The largest absolute Gasteiger partial charge is 0.454 e. The van der Waals surface area contributed by atoms with Crippen LogP contribution in [-0.2, 0) is 0 Å². The molecule has 0 fully saturated rings. The number of ether oxygens (including phenoxy) is 2. The minimum Gasteiger partial charge on any atom is -0.454 e. The summed E-state index contributed by atoms with van der Waals surface area (Å²) in [6, 6.07) is 6.36. The van der Waals surface area contributed by atoms with Crippen LogP contribution in [0.3, 0.4) is 0 Å². The van der Waals surface area contributed by atoms with E-state index in [4.69, 9.17) is 14.6 Å². The fourth-order valence-electron chi connectivity index (χ4n) is 1.92. The second-order valence-electron chi connectivity index (χ2n) is 4.78. The molecule has 5 heteroatoms. The van der Waals surface area contributed by atoms with E-state index < -0.39 is 0 Å². The van der Waals surface area contributed by atoms with E-state index in [-0.39, 0.29) is 12.6 Å². The molecule has 0 amide bonds. The molecule has 0 bridgehead atoms. The van der Waals surface area contributed by atoms with Crippen molar-refractivity contribution in [3.8, 4) is 11.5 Å². The van der Waals surface area contributed by atoms with Crippen LogP contribution in [0.2, 0.25) is 0 Å². The summed E-state index contributed by atoms with van der Waals surface area (Å²) in [7, 11) is 1.96. The maximum atomic E-state index is 9.02. The average Bonchev–Trinajstić information content (AvgIpc) is 2.90. The Bertz CT molecular complexity index is 414. The highest BCUT2D eigenvalue weighted by molar-refractivity contribution is 7.99. The standard InChI is InChI=1S/C14H21NO3S/c1-10(6-16)7-19-8-12(15-2)11-3-4-13-14(5-11)18-9-17-13/h3-5,10,12,15-16H,6-9H2,1-2H3. The van der Waals surface area contributed by atoms with E-state index in [0.717, 1.165) is 23.0 Å². The maximum Gasteiger partial charge on any atom is 0.231 e. The molecule has 0 saturated carbocycles. The fourth-order valence-corrected chi connectivity index (χ4v) is 3.15. The molecule has 1 heterocycles. The molecule has 0 aliphatic carbocycles. The molecule has 1 aromatic carbocycles. The maximum absolute atomic E-state index is 9.02. The Hall–Kier alpha value is -0.910. The second kappa shape index (κ2) is 7.03. The summed E-state index contributed by atoms with van der Waals surface area (Å²) in [5.41, 5.74) is 1.20. The summed E-state index contributed by atoms with van der Waals surface area (Å²) < 4.78 is 10.7.